The maximum absolute atomic E-state index is 13.7. The van der Waals surface area contributed by atoms with Gasteiger partial charge in [0.05, 0.1) is 37.9 Å². The van der Waals surface area contributed by atoms with Crippen molar-refractivity contribution in [2.45, 2.75) is 173 Å². The molecule has 0 unspecified atom stereocenters. The molecule has 58 heavy (non-hydrogen) atoms. The van der Waals surface area contributed by atoms with Crippen LogP contribution in [0, 0.1) is 50.2 Å². The lowest BCUT2D eigenvalue weighted by Gasteiger charge is -2.71. The number of aliphatic hydroxyl groups is 8. The van der Waals surface area contributed by atoms with E-state index in [1.807, 2.05) is 6.92 Å². The van der Waals surface area contributed by atoms with Gasteiger partial charge in [0.15, 0.2) is 12.6 Å². The Balaban J connectivity index is 1.15. The van der Waals surface area contributed by atoms with Crippen molar-refractivity contribution in [1.82, 2.24) is 0 Å². The highest BCUT2D eigenvalue weighted by Crippen LogP contribution is 2.76. The third-order valence-electron chi connectivity index (χ3n) is 17.4. The number of hydrogen-bond donors (Lipinski definition) is 8. The summed E-state index contributed by atoms with van der Waals surface area (Å²) in [5, 5.41) is 85.9. The molecule has 15 nitrogen and oxygen atoms in total. The van der Waals surface area contributed by atoms with Gasteiger partial charge in [-0.3, -0.25) is 4.79 Å². The highest BCUT2D eigenvalue weighted by atomic mass is 16.7. The second-order valence-electron chi connectivity index (χ2n) is 20.6. The van der Waals surface area contributed by atoms with Crippen LogP contribution in [0.3, 0.4) is 0 Å². The lowest BCUT2D eigenvalue weighted by molar-refractivity contribution is -0.368. The molecule has 0 radical (unpaired) electrons. The van der Waals surface area contributed by atoms with Crippen molar-refractivity contribution in [2.24, 2.45) is 50.2 Å². The van der Waals surface area contributed by atoms with Gasteiger partial charge in [-0.1, -0.05) is 53.2 Å². The number of aldehydes is 1. The average molecular weight is 825 g/mol. The van der Waals surface area contributed by atoms with E-state index in [2.05, 4.69) is 40.7 Å². The Morgan fingerprint density at radius 2 is 1.41 bits per heavy atom. The average Bonchev–Trinajstić information content (AvgIpc) is 3.18. The van der Waals surface area contributed by atoms with Gasteiger partial charge in [0.25, 0.3) is 0 Å². The first-order chi connectivity index (χ1) is 27.1. The molecule has 0 aromatic heterocycles. The fourth-order valence-electron chi connectivity index (χ4n) is 13.8. The third kappa shape index (κ3) is 6.34. The summed E-state index contributed by atoms with van der Waals surface area (Å²) in [6.45, 7) is 11.9. The van der Waals surface area contributed by atoms with Crippen LogP contribution >= 0.6 is 0 Å². The monoisotopic (exact) mass is 824 g/mol. The van der Waals surface area contributed by atoms with E-state index >= 15 is 0 Å². The van der Waals surface area contributed by atoms with Crippen LogP contribution in [0.2, 0.25) is 0 Å². The van der Waals surface area contributed by atoms with Crippen molar-refractivity contribution in [3.63, 3.8) is 0 Å². The number of rotatable bonds is 8. The summed E-state index contributed by atoms with van der Waals surface area (Å²) in [6.07, 6.45) is -8.34. The molecule has 6 fully saturated rings. The van der Waals surface area contributed by atoms with Crippen LogP contribution in [0.25, 0.3) is 0 Å². The largest absolute Gasteiger partial charge is 0.468 e. The highest BCUT2D eigenvalue weighted by molar-refractivity contribution is 5.79. The predicted molar refractivity (Wildman–Crippen MR) is 204 cm³/mol. The van der Waals surface area contributed by atoms with E-state index in [4.69, 9.17) is 23.7 Å². The molecule has 7 rings (SSSR count). The van der Waals surface area contributed by atoms with Crippen molar-refractivity contribution in [3.8, 4) is 0 Å². The number of hydrogen-bond acceptors (Lipinski definition) is 15. The molecule has 7 aliphatic rings. The highest BCUT2D eigenvalue weighted by Gasteiger charge is 2.72. The molecule has 8 N–H and O–H groups in total. The van der Waals surface area contributed by atoms with Gasteiger partial charge in [-0.25, -0.2) is 0 Å². The van der Waals surface area contributed by atoms with Crippen molar-refractivity contribution in [3.05, 3.63) is 11.6 Å². The molecular weight excluding hydrogens is 756 g/mol. The zero-order chi connectivity index (χ0) is 42.5. The molecule has 5 aliphatic carbocycles. The second-order valence-corrected chi connectivity index (χ2v) is 20.6. The number of esters is 1. The lowest BCUT2D eigenvalue weighted by atomic mass is 9.33. The molecule has 0 amide bonds. The molecule has 0 spiro atoms. The number of aliphatic hydroxyl groups excluding tert-OH is 8. The van der Waals surface area contributed by atoms with Crippen LogP contribution in [0.5, 0.6) is 0 Å². The number of allylic oxidation sites excluding steroid dienone is 2. The van der Waals surface area contributed by atoms with Crippen molar-refractivity contribution in [1.29, 1.82) is 0 Å². The van der Waals surface area contributed by atoms with Crippen LogP contribution in [0.1, 0.15) is 99.3 Å². The van der Waals surface area contributed by atoms with E-state index < -0.39 is 103 Å². The molecule has 20 atom stereocenters. The first kappa shape index (κ1) is 44.5. The van der Waals surface area contributed by atoms with E-state index in [1.165, 1.54) is 12.7 Å². The number of ether oxygens (including phenoxy) is 5. The Morgan fingerprint density at radius 1 is 0.776 bits per heavy atom. The molecule has 0 bridgehead atoms. The molecular formula is C43H68O15. The van der Waals surface area contributed by atoms with E-state index in [9.17, 15) is 50.4 Å². The van der Waals surface area contributed by atoms with E-state index in [1.54, 1.807) is 0 Å². The standard InChI is InChI=1S/C43H68O15/c1-38(2)14-15-43(37(53)54-7)22(16-38)21-8-9-26-39(3)12-11-28(40(4,20-46)25(39)10-13-41(26,5)42(21,6)17-27(43)47)57-36-33(52)34(30(49)24(19-45)56-36)58-35-32(51)31(50)29(48)23(18-44)55-35/h8,20,22-36,44-45,47-52H,9-19H2,1-7H3/t22-,23+,24+,25+,26+,27+,28-,29+,30+,31-,32+,33+,34-,35-,36-,39-,40-,41+,42+,43+/m0/s1. The summed E-state index contributed by atoms with van der Waals surface area (Å²) in [7, 11) is 1.42. The van der Waals surface area contributed by atoms with Crippen LogP contribution in [-0.4, -0.2) is 147 Å². The third-order valence-corrected chi connectivity index (χ3v) is 17.4. The van der Waals surface area contributed by atoms with E-state index in [0.29, 0.717) is 32.1 Å². The van der Waals surface area contributed by atoms with Crippen LogP contribution in [-0.2, 0) is 33.3 Å². The van der Waals surface area contributed by atoms with Crippen LogP contribution in [0.4, 0.5) is 0 Å². The van der Waals surface area contributed by atoms with Crippen LogP contribution in [0.15, 0.2) is 11.6 Å². The van der Waals surface area contributed by atoms with E-state index in [-0.39, 0.29) is 40.0 Å². The van der Waals surface area contributed by atoms with E-state index in [0.717, 1.165) is 32.0 Å². The summed E-state index contributed by atoms with van der Waals surface area (Å²) < 4.78 is 29.1. The zero-order valence-corrected chi connectivity index (χ0v) is 35.0. The maximum Gasteiger partial charge on any atom is 0.315 e. The number of methoxy groups -OCH3 is 1. The molecule has 2 saturated heterocycles. The minimum atomic E-state index is -1.81. The van der Waals surface area contributed by atoms with Gasteiger partial charge in [0, 0.05) is 0 Å². The Morgan fingerprint density at radius 3 is 2.03 bits per heavy atom. The summed E-state index contributed by atoms with van der Waals surface area (Å²) in [5.41, 5.74) is -1.82. The van der Waals surface area contributed by atoms with Gasteiger partial charge < -0.3 is 69.3 Å². The van der Waals surface area contributed by atoms with Gasteiger partial charge in [-0.2, -0.15) is 0 Å². The normalized spacial score (nSPS) is 53.8. The smallest absolute Gasteiger partial charge is 0.315 e. The molecule has 2 aliphatic heterocycles. The Hall–Kier alpha value is -1.60. The number of carbonyl (C=O) groups excluding carboxylic acids is 2. The predicted octanol–water partition coefficient (Wildman–Crippen LogP) is 1.12. The Labute approximate surface area is 341 Å². The maximum atomic E-state index is 13.7. The first-order valence-electron chi connectivity index (χ1n) is 21.3. The Kier molecular flexibility index (Phi) is 11.8. The molecule has 15 heteroatoms. The summed E-state index contributed by atoms with van der Waals surface area (Å²) in [5.74, 6) is -0.499. The zero-order valence-electron chi connectivity index (χ0n) is 35.0. The van der Waals surface area contributed by atoms with Gasteiger partial charge in [-0.15, -0.1) is 0 Å². The van der Waals surface area contributed by atoms with Gasteiger partial charge >= 0.3 is 5.97 Å². The summed E-state index contributed by atoms with van der Waals surface area (Å²) in [6, 6.07) is 0. The van der Waals surface area contributed by atoms with Crippen molar-refractivity contribution < 1.29 is 74.1 Å². The van der Waals surface area contributed by atoms with Crippen molar-refractivity contribution in [2.75, 3.05) is 20.3 Å². The molecule has 2 heterocycles. The summed E-state index contributed by atoms with van der Waals surface area (Å²) >= 11 is 0. The minimum absolute atomic E-state index is 0.0104. The summed E-state index contributed by atoms with van der Waals surface area (Å²) in [4.78, 5) is 27.2. The Bertz CT molecular complexity index is 1590. The molecule has 330 valence electrons. The fourth-order valence-corrected chi connectivity index (χ4v) is 13.8. The molecule has 4 saturated carbocycles. The van der Waals surface area contributed by atoms with Gasteiger partial charge in [0.1, 0.15) is 60.5 Å². The molecule has 0 aromatic rings. The first-order valence-corrected chi connectivity index (χ1v) is 21.3. The SMILES string of the molecule is COC(=O)[C@]12CCC(C)(C)C[C@H]1C1=CC[C@@H]3[C@@]4(C)CC[C@H](O[C@@H]5O[C@H](CO)[C@@H](O)[C@H](O[C@@H]6O[C@H](CO)[C@@H](O)[C@H](O)[C@H]6O)[C@H]5O)[C@@](C)(C=O)[C@@H]4CC[C@@]3(C)[C@]1(C)C[C@H]2O. The lowest BCUT2D eigenvalue weighted by Crippen LogP contribution is -2.68. The second kappa shape index (κ2) is 15.3. The fraction of sp³-hybridized carbons (Fsp3) is 0.907. The van der Waals surface area contributed by atoms with Gasteiger partial charge in [0.2, 0.25) is 0 Å². The number of fused-ring (bicyclic) bond motifs is 7. The minimum Gasteiger partial charge on any atom is -0.468 e. The van der Waals surface area contributed by atoms with Gasteiger partial charge in [-0.05, 0) is 97.2 Å². The topological polar surface area (TPSA) is 242 Å². The van der Waals surface area contributed by atoms with Crippen molar-refractivity contribution >= 4 is 12.3 Å². The van der Waals surface area contributed by atoms with Crippen LogP contribution < -0.4 is 0 Å². The number of carbonyl (C=O) groups is 2. The molecule has 0 aromatic carbocycles. The quantitative estimate of drug-likeness (QED) is 0.0741.